The van der Waals surface area contributed by atoms with Gasteiger partial charge in [0.1, 0.15) is 5.75 Å². The van der Waals surface area contributed by atoms with E-state index in [1.165, 1.54) is 29.6 Å². The smallest absolute Gasteiger partial charge is 0.251 e. The Kier molecular flexibility index (Phi) is 5.03. The van der Waals surface area contributed by atoms with Gasteiger partial charge in [0, 0.05) is 18.0 Å². The summed E-state index contributed by atoms with van der Waals surface area (Å²) in [7, 11) is 0. The number of aromatic amines is 1. The first-order valence-electron chi connectivity index (χ1n) is 6.11. The van der Waals surface area contributed by atoms with E-state index in [1.807, 2.05) is 31.2 Å². The van der Waals surface area contributed by atoms with Gasteiger partial charge >= 0.3 is 0 Å². The van der Waals surface area contributed by atoms with Crippen LogP contribution in [0.4, 0.5) is 0 Å². The molecule has 0 saturated heterocycles. The molecule has 100 valence electrons. The van der Waals surface area contributed by atoms with Crippen LogP contribution in [0.3, 0.4) is 0 Å². The molecule has 0 amide bonds. The number of rotatable bonds is 6. The molecule has 2 rings (SSSR count). The maximum Gasteiger partial charge on any atom is 0.251 e. The van der Waals surface area contributed by atoms with Crippen molar-refractivity contribution in [3.63, 3.8) is 0 Å². The molecule has 0 aliphatic rings. The molecule has 19 heavy (non-hydrogen) atoms. The highest BCUT2D eigenvalue weighted by Crippen LogP contribution is 2.14. The van der Waals surface area contributed by atoms with Crippen LogP contribution in [0.2, 0.25) is 0 Å². The van der Waals surface area contributed by atoms with Crippen LogP contribution in [0.5, 0.6) is 5.75 Å². The van der Waals surface area contributed by atoms with E-state index in [-0.39, 0.29) is 5.56 Å². The summed E-state index contributed by atoms with van der Waals surface area (Å²) in [5, 5.41) is 0.655. The number of thioether (sulfide) groups is 1. The lowest BCUT2D eigenvalue weighted by Crippen LogP contribution is -2.06. The standard InChI is InChI=1S/C14H16N2O2S/c1-11-3-5-12(6-4-11)18-9-2-10-19-14-15-8-7-13(17)16-14/h3-8H,2,9-10H2,1H3,(H,15,16,17). The Morgan fingerprint density at radius 1 is 1.26 bits per heavy atom. The van der Waals surface area contributed by atoms with Crippen molar-refractivity contribution in [2.45, 2.75) is 18.5 Å². The minimum atomic E-state index is -0.117. The predicted octanol–water partition coefficient (Wildman–Crippen LogP) is 2.64. The van der Waals surface area contributed by atoms with E-state index >= 15 is 0 Å². The summed E-state index contributed by atoms with van der Waals surface area (Å²) < 4.78 is 5.62. The Morgan fingerprint density at radius 2 is 2.05 bits per heavy atom. The summed E-state index contributed by atoms with van der Waals surface area (Å²) in [5.74, 6) is 1.75. The van der Waals surface area contributed by atoms with Crippen molar-refractivity contribution < 1.29 is 4.74 Å². The summed E-state index contributed by atoms with van der Waals surface area (Å²) in [6.07, 6.45) is 2.42. The van der Waals surface area contributed by atoms with Crippen molar-refractivity contribution in [2.24, 2.45) is 0 Å². The van der Waals surface area contributed by atoms with Crippen LogP contribution in [0.15, 0.2) is 46.5 Å². The predicted molar refractivity (Wildman–Crippen MR) is 76.9 cm³/mol. The van der Waals surface area contributed by atoms with E-state index in [9.17, 15) is 4.79 Å². The fraction of sp³-hybridized carbons (Fsp3) is 0.286. The molecule has 0 saturated carbocycles. The maximum absolute atomic E-state index is 11.1. The van der Waals surface area contributed by atoms with E-state index in [0.29, 0.717) is 11.8 Å². The second-order valence-electron chi connectivity index (χ2n) is 4.10. The fourth-order valence-electron chi connectivity index (χ4n) is 1.48. The Balaban J connectivity index is 1.67. The van der Waals surface area contributed by atoms with Gasteiger partial charge in [0.25, 0.3) is 5.56 Å². The third kappa shape index (κ3) is 4.79. The van der Waals surface area contributed by atoms with Crippen LogP contribution in [-0.2, 0) is 0 Å². The highest BCUT2D eigenvalue weighted by atomic mass is 32.2. The van der Waals surface area contributed by atoms with Crippen LogP contribution < -0.4 is 10.3 Å². The van der Waals surface area contributed by atoms with E-state index < -0.39 is 0 Å². The number of benzene rings is 1. The SMILES string of the molecule is Cc1ccc(OCCCSc2nccc(=O)[nH]2)cc1. The molecule has 4 nitrogen and oxygen atoms in total. The van der Waals surface area contributed by atoms with Crippen molar-refractivity contribution in [1.29, 1.82) is 0 Å². The Morgan fingerprint density at radius 3 is 2.79 bits per heavy atom. The summed E-state index contributed by atoms with van der Waals surface area (Å²) >= 11 is 1.53. The number of nitrogens with one attached hydrogen (secondary N) is 1. The lowest BCUT2D eigenvalue weighted by molar-refractivity contribution is 0.318. The van der Waals surface area contributed by atoms with Gasteiger partial charge in [-0.1, -0.05) is 29.5 Å². The minimum Gasteiger partial charge on any atom is -0.494 e. The minimum absolute atomic E-state index is 0.117. The molecule has 2 aromatic rings. The largest absolute Gasteiger partial charge is 0.494 e. The molecular weight excluding hydrogens is 260 g/mol. The van der Waals surface area contributed by atoms with Crippen LogP contribution in [0.25, 0.3) is 0 Å². The zero-order valence-corrected chi connectivity index (χ0v) is 11.6. The quantitative estimate of drug-likeness (QED) is 0.500. The summed E-state index contributed by atoms with van der Waals surface area (Å²) in [4.78, 5) is 17.8. The lowest BCUT2D eigenvalue weighted by atomic mass is 10.2. The van der Waals surface area contributed by atoms with Gasteiger partial charge in [0.2, 0.25) is 0 Å². The zero-order chi connectivity index (χ0) is 13.5. The Labute approximate surface area is 116 Å². The number of ether oxygens (including phenoxy) is 1. The first kappa shape index (κ1) is 13.7. The third-order valence-corrected chi connectivity index (χ3v) is 3.44. The molecule has 1 N–H and O–H groups in total. The van der Waals surface area contributed by atoms with E-state index in [0.717, 1.165) is 17.9 Å². The molecule has 0 aliphatic heterocycles. The number of nitrogens with zero attached hydrogens (tertiary/aromatic N) is 1. The molecule has 0 spiro atoms. The van der Waals surface area contributed by atoms with Gasteiger partial charge < -0.3 is 9.72 Å². The van der Waals surface area contributed by atoms with Crippen LogP contribution >= 0.6 is 11.8 Å². The Hall–Kier alpha value is -1.75. The van der Waals surface area contributed by atoms with Crippen molar-refractivity contribution in [3.8, 4) is 5.75 Å². The summed E-state index contributed by atoms with van der Waals surface area (Å²) in [5.41, 5.74) is 1.11. The second kappa shape index (κ2) is 6.99. The van der Waals surface area contributed by atoms with Crippen molar-refractivity contribution in [2.75, 3.05) is 12.4 Å². The van der Waals surface area contributed by atoms with Gasteiger partial charge in [0.05, 0.1) is 6.61 Å². The molecule has 5 heteroatoms. The average Bonchev–Trinajstić information content (AvgIpc) is 2.41. The number of hydrogen-bond acceptors (Lipinski definition) is 4. The highest BCUT2D eigenvalue weighted by molar-refractivity contribution is 7.99. The Bertz CT molecular complexity index is 566. The van der Waals surface area contributed by atoms with E-state index in [4.69, 9.17) is 4.74 Å². The molecule has 0 fully saturated rings. The van der Waals surface area contributed by atoms with Gasteiger partial charge in [0.15, 0.2) is 5.16 Å². The van der Waals surface area contributed by atoms with Crippen molar-refractivity contribution >= 4 is 11.8 Å². The molecule has 1 aromatic carbocycles. The second-order valence-corrected chi connectivity index (χ2v) is 5.19. The van der Waals surface area contributed by atoms with E-state index in [2.05, 4.69) is 9.97 Å². The van der Waals surface area contributed by atoms with Gasteiger partial charge in [-0.15, -0.1) is 0 Å². The number of aryl methyl sites for hydroxylation is 1. The number of hydrogen-bond donors (Lipinski definition) is 1. The van der Waals surface area contributed by atoms with Gasteiger partial charge in [-0.3, -0.25) is 4.79 Å². The summed E-state index contributed by atoms with van der Waals surface area (Å²) in [6.45, 7) is 2.71. The molecule has 1 heterocycles. The molecule has 0 unspecified atom stereocenters. The third-order valence-electron chi connectivity index (χ3n) is 2.47. The molecule has 0 bridgehead atoms. The molecular formula is C14H16N2O2S. The van der Waals surface area contributed by atoms with Gasteiger partial charge in [-0.05, 0) is 25.5 Å². The van der Waals surface area contributed by atoms with Crippen molar-refractivity contribution in [1.82, 2.24) is 9.97 Å². The normalized spacial score (nSPS) is 10.4. The van der Waals surface area contributed by atoms with Crippen molar-refractivity contribution in [3.05, 3.63) is 52.4 Å². The van der Waals surface area contributed by atoms with Crippen LogP contribution in [0, 0.1) is 6.92 Å². The maximum atomic E-state index is 11.1. The summed E-state index contributed by atoms with van der Waals surface area (Å²) in [6, 6.07) is 9.41. The lowest BCUT2D eigenvalue weighted by Gasteiger charge is -2.05. The highest BCUT2D eigenvalue weighted by Gasteiger charge is 1.97. The van der Waals surface area contributed by atoms with Gasteiger partial charge in [-0.25, -0.2) is 4.98 Å². The monoisotopic (exact) mass is 276 g/mol. The topological polar surface area (TPSA) is 55.0 Å². The first-order valence-corrected chi connectivity index (χ1v) is 7.10. The average molecular weight is 276 g/mol. The number of aromatic nitrogens is 2. The van der Waals surface area contributed by atoms with Gasteiger partial charge in [-0.2, -0.15) is 0 Å². The molecule has 1 aromatic heterocycles. The van der Waals surface area contributed by atoms with Crippen LogP contribution in [0.1, 0.15) is 12.0 Å². The molecule has 0 atom stereocenters. The van der Waals surface area contributed by atoms with Crippen LogP contribution in [-0.4, -0.2) is 22.3 Å². The fourth-order valence-corrected chi connectivity index (χ4v) is 2.24. The zero-order valence-electron chi connectivity index (χ0n) is 10.8. The molecule has 0 aliphatic carbocycles. The number of H-pyrrole nitrogens is 1. The first-order chi connectivity index (χ1) is 9.24. The molecule has 0 radical (unpaired) electrons. The van der Waals surface area contributed by atoms with E-state index in [1.54, 1.807) is 0 Å².